The van der Waals surface area contributed by atoms with Gasteiger partial charge in [0, 0.05) is 31.9 Å². The van der Waals surface area contributed by atoms with Gasteiger partial charge in [-0.05, 0) is 31.0 Å². The molecule has 2 aliphatic heterocycles. The van der Waals surface area contributed by atoms with E-state index in [4.69, 9.17) is 4.74 Å². The third kappa shape index (κ3) is 2.42. The molecule has 2 heterocycles. The first-order valence-electron chi connectivity index (χ1n) is 6.93. The maximum Gasteiger partial charge on any atom is 0.261 e. The summed E-state index contributed by atoms with van der Waals surface area (Å²) in [6.07, 6.45) is 1.41. The zero-order valence-electron chi connectivity index (χ0n) is 11.7. The van der Waals surface area contributed by atoms with Gasteiger partial charge in [-0.3, -0.25) is 19.3 Å². The monoisotopic (exact) mass is 288 g/mol. The van der Waals surface area contributed by atoms with E-state index in [0.29, 0.717) is 42.9 Å². The summed E-state index contributed by atoms with van der Waals surface area (Å²) >= 11 is 0. The molecule has 0 saturated carbocycles. The third-order valence-electron chi connectivity index (χ3n) is 3.95. The minimum Gasteiger partial charge on any atom is -0.381 e. The van der Waals surface area contributed by atoms with Crippen LogP contribution in [0.2, 0.25) is 0 Å². The van der Waals surface area contributed by atoms with E-state index in [1.165, 1.54) is 7.05 Å². The summed E-state index contributed by atoms with van der Waals surface area (Å²) in [7, 11) is 1.45. The van der Waals surface area contributed by atoms with Crippen LogP contribution in [-0.2, 0) is 9.53 Å². The van der Waals surface area contributed by atoms with E-state index in [9.17, 15) is 14.4 Å². The molecule has 0 atom stereocenters. The first-order chi connectivity index (χ1) is 10.1. The van der Waals surface area contributed by atoms with Crippen molar-refractivity contribution < 1.29 is 19.1 Å². The lowest BCUT2D eigenvalue weighted by molar-refractivity contribution is -0.122. The Morgan fingerprint density at radius 3 is 2.57 bits per heavy atom. The Morgan fingerprint density at radius 1 is 1.19 bits per heavy atom. The molecule has 1 aromatic carbocycles. The minimum absolute atomic E-state index is 0.0630. The van der Waals surface area contributed by atoms with Crippen LogP contribution < -0.4 is 5.32 Å². The lowest BCUT2D eigenvalue weighted by Crippen LogP contribution is -2.28. The van der Waals surface area contributed by atoms with Crippen molar-refractivity contribution in [1.82, 2.24) is 4.90 Å². The predicted molar refractivity (Wildman–Crippen MR) is 75.0 cm³/mol. The quantitative estimate of drug-likeness (QED) is 0.832. The van der Waals surface area contributed by atoms with Gasteiger partial charge in [-0.15, -0.1) is 0 Å². The number of nitrogens with zero attached hydrogens (tertiary/aromatic N) is 1. The van der Waals surface area contributed by atoms with Crippen LogP contribution in [0.15, 0.2) is 18.2 Å². The number of nitrogens with one attached hydrogen (secondary N) is 1. The number of fused-ring (bicyclic) bond motifs is 1. The molecule has 0 radical (unpaired) electrons. The molecule has 3 rings (SSSR count). The Morgan fingerprint density at radius 2 is 1.86 bits per heavy atom. The summed E-state index contributed by atoms with van der Waals surface area (Å²) in [5.41, 5.74) is 1.26. The molecule has 3 amide bonds. The lowest BCUT2D eigenvalue weighted by atomic mass is 9.99. The summed E-state index contributed by atoms with van der Waals surface area (Å²) in [4.78, 5) is 36.9. The standard InChI is InChI=1S/C15H16N2O4/c1-17-14(19)11-3-2-10(8-12(11)15(17)20)16-13(18)9-4-6-21-7-5-9/h2-3,8-9H,4-7H2,1H3,(H,16,18). The molecule has 0 spiro atoms. The number of ether oxygens (including phenoxy) is 1. The van der Waals surface area contributed by atoms with Gasteiger partial charge in [0.1, 0.15) is 0 Å². The largest absolute Gasteiger partial charge is 0.381 e. The Hall–Kier alpha value is -2.21. The van der Waals surface area contributed by atoms with Crippen molar-refractivity contribution in [1.29, 1.82) is 0 Å². The Balaban J connectivity index is 1.77. The SMILES string of the molecule is CN1C(=O)c2ccc(NC(=O)C3CCOCC3)cc2C1=O. The van der Waals surface area contributed by atoms with Crippen molar-refractivity contribution in [2.24, 2.45) is 5.92 Å². The van der Waals surface area contributed by atoms with E-state index in [2.05, 4.69) is 5.32 Å². The molecule has 1 saturated heterocycles. The molecule has 21 heavy (non-hydrogen) atoms. The van der Waals surface area contributed by atoms with Crippen LogP contribution in [0.1, 0.15) is 33.6 Å². The molecule has 0 bridgehead atoms. The fourth-order valence-corrected chi connectivity index (χ4v) is 2.64. The molecule has 6 heteroatoms. The second kappa shape index (κ2) is 5.29. The normalized spacial score (nSPS) is 18.8. The fraction of sp³-hybridized carbons (Fsp3) is 0.400. The number of hydrogen-bond acceptors (Lipinski definition) is 4. The van der Waals surface area contributed by atoms with Crippen LogP contribution in [0.3, 0.4) is 0 Å². The number of anilines is 1. The second-order valence-electron chi connectivity index (χ2n) is 5.31. The molecular formula is C15H16N2O4. The number of rotatable bonds is 2. The maximum absolute atomic E-state index is 12.1. The van der Waals surface area contributed by atoms with E-state index in [-0.39, 0.29) is 23.6 Å². The lowest BCUT2D eigenvalue weighted by Gasteiger charge is -2.21. The summed E-state index contributed by atoms with van der Waals surface area (Å²) in [5, 5.41) is 2.82. The zero-order chi connectivity index (χ0) is 15.0. The number of hydrogen-bond donors (Lipinski definition) is 1. The molecule has 1 N–H and O–H groups in total. The topological polar surface area (TPSA) is 75.7 Å². The van der Waals surface area contributed by atoms with Gasteiger partial charge < -0.3 is 10.1 Å². The minimum atomic E-state index is -0.336. The van der Waals surface area contributed by atoms with Crippen molar-refractivity contribution in [3.8, 4) is 0 Å². The zero-order valence-corrected chi connectivity index (χ0v) is 11.7. The first kappa shape index (κ1) is 13.8. The molecule has 2 aliphatic rings. The van der Waals surface area contributed by atoms with Crippen molar-refractivity contribution in [3.63, 3.8) is 0 Å². The fourth-order valence-electron chi connectivity index (χ4n) is 2.64. The van der Waals surface area contributed by atoms with Crippen molar-refractivity contribution >= 4 is 23.4 Å². The van der Waals surface area contributed by atoms with Gasteiger partial charge >= 0.3 is 0 Å². The van der Waals surface area contributed by atoms with Gasteiger partial charge in [0.15, 0.2) is 0 Å². The number of imide groups is 1. The Kier molecular flexibility index (Phi) is 3.47. The summed E-state index contributed by atoms with van der Waals surface area (Å²) in [6, 6.07) is 4.80. The van der Waals surface area contributed by atoms with E-state index >= 15 is 0 Å². The predicted octanol–water partition coefficient (Wildman–Crippen LogP) is 1.28. The number of carbonyl (C=O) groups is 3. The molecule has 0 aromatic heterocycles. The van der Waals surface area contributed by atoms with Crippen LogP contribution >= 0.6 is 0 Å². The molecule has 1 fully saturated rings. The van der Waals surface area contributed by atoms with E-state index in [1.807, 2.05) is 0 Å². The van der Waals surface area contributed by atoms with Crippen LogP contribution in [0.5, 0.6) is 0 Å². The molecule has 0 unspecified atom stereocenters. The number of carbonyl (C=O) groups excluding carboxylic acids is 3. The van der Waals surface area contributed by atoms with Gasteiger partial charge in [0.25, 0.3) is 11.8 Å². The second-order valence-corrected chi connectivity index (χ2v) is 5.31. The van der Waals surface area contributed by atoms with Gasteiger partial charge in [0.05, 0.1) is 11.1 Å². The smallest absolute Gasteiger partial charge is 0.261 e. The highest BCUT2D eigenvalue weighted by atomic mass is 16.5. The highest BCUT2D eigenvalue weighted by Gasteiger charge is 2.33. The summed E-state index contributed by atoms with van der Waals surface area (Å²) < 4.78 is 5.23. The number of benzene rings is 1. The highest BCUT2D eigenvalue weighted by molar-refractivity contribution is 6.21. The van der Waals surface area contributed by atoms with Crippen LogP contribution in [-0.4, -0.2) is 42.9 Å². The third-order valence-corrected chi connectivity index (χ3v) is 3.95. The van der Waals surface area contributed by atoms with Crippen molar-refractivity contribution in [2.45, 2.75) is 12.8 Å². The van der Waals surface area contributed by atoms with Gasteiger partial charge in [0.2, 0.25) is 5.91 Å². The van der Waals surface area contributed by atoms with Gasteiger partial charge in [-0.25, -0.2) is 0 Å². The molecule has 6 nitrogen and oxygen atoms in total. The average Bonchev–Trinajstić information content (AvgIpc) is 2.73. The molecule has 0 aliphatic carbocycles. The van der Waals surface area contributed by atoms with Crippen LogP contribution in [0.4, 0.5) is 5.69 Å². The van der Waals surface area contributed by atoms with Gasteiger partial charge in [-0.2, -0.15) is 0 Å². The highest BCUT2D eigenvalue weighted by Crippen LogP contribution is 2.25. The summed E-state index contributed by atoms with van der Waals surface area (Å²) in [6.45, 7) is 1.19. The first-order valence-corrected chi connectivity index (χ1v) is 6.93. The van der Waals surface area contributed by atoms with Gasteiger partial charge in [-0.1, -0.05) is 0 Å². The number of amides is 3. The average molecular weight is 288 g/mol. The maximum atomic E-state index is 12.1. The van der Waals surface area contributed by atoms with E-state index < -0.39 is 0 Å². The van der Waals surface area contributed by atoms with E-state index in [0.717, 1.165) is 4.90 Å². The van der Waals surface area contributed by atoms with Crippen molar-refractivity contribution in [2.75, 3.05) is 25.6 Å². The van der Waals surface area contributed by atoms with E-state index in [1.54, 1.807) is 18.2 Å². The Labute approximate surface area is 122 Å². The summed E-state index contributed by atoms with van der Waals surface area (Å²) in [5.74, 6) is -0.773. The van der Waals surface area contributed by atoms with Crippen LogP contribution in [0.25, 0.3) is 0 Å². The Bertz CT molecular complexity index is 620. The molecular weight excluding hydrogens is 272 g/mol. The van der Waals surface area contributed by atoms with Crippen LogP contribution in [0, 0.1) is 5.92 Å². The molecule has 110 valence electrons. The molecule has 1 aromatic rings. The van der Waals surface area contributed by atoms with Crippen molar-refractivity contribution in [3.05, 3.63) is 29.3 Å².